The summed E-state index contributed by atoms with van der Waals surface area (Å²) in [5.74, 6) is -0.0395. The molecule has 0 aliphatic carbocycles. The van der Waals surface area contributed by atoms with E-state index in [1.54, 1.807) is 0 Å². The Morgan fingerprint density at radius 1 is 1.08 bits per heavy atom. The second kappa shape index (κ2) is 10.2. The number of hydrogen-bond acceptors (Lipinski definition) is 4. The average Bonchev–Trinajstić information content (AvgIpc) is 3.06. The van der Waals surface area contributed by atoms with E-state index >= 15 is 0 Å². The average molecular weight is 401 g/mol. The van der Waals surface area contributed by atoms with E-state index in [-0.39, 0.29) is 19.2 Å². The Morgan fingerprint density at radius 3 is 2.50 bits per heavy atom. The predicted molar refractivity (Wildman–Crippen MR) is 94.5 cm³/mol. The molecule has 0 radical (unpaired) electrons. The number of halogens is 3. The quantitative estimate of drug-likeness (QED) is 0.573. The summed E-state index contributed by atoms with van der Waals surface area (Å²) in [5.41, 5.74) is 0. The molecule has 26 heavy (non-hydrogen) atoms. The fourth-order valence-electron chi connectivity index (χ4n) is 3.59. The molecule has 2 heterocycles. The second-order valence-electron chi connectivity index (χ2n) is 7.36. The van der Waals surface area contributed by atoms with E-state index < -0.39 is 28.4 Å². The van der Waals surface area contributed by atoms with Crippen LogP contribution in [0, 0.1) is 5.92 Å². The predicted octanol–water partition coefficient (Wildman–Crippen LogP) is 2.92. The summed E-state index contributed by atoms with van der Waals surface area (Å²) in [4.78, 5) is 0. The molecule has 2 fully saturated rings. The Hall–Kier alpha value is -0.380. The fraction of sp³-hybridized carbons (Fsp3) is 1.00. The number of unbranched alkanes of at least 4 members (excludes halogenated alkanes) is 2. The monoisotopic (exact) mass is 400 g/mol. The molecule has 0 amide bonds. The number of hydrogen-bond donors (Lipinski definition) is 1. The summed E-state index contributed by atoms with van der Waals surface area (Å²) in [6, 6.07) is 0. The van der Waals surface area contributed by atoms with Gasteiger partial charge in [0.05, 0.1) is 18.3 Å². The highest BCUT2D eigenvalue weighted by Gasteiger charge is 2.35. The molecular formula is C17H31F3N2O3S. The fourth-order valence-corrected chi connectivity index (χ4v) is 5.12. The lowest BCUT2D eigenvalue weighted by molar-refractivity contribution is -0.130. The van der Waals surface area contributed by atoms with Gasteiger partial charge in [0.2, 0.25) is 10.0 Å². The third-order valence-electron chi connectivity index (χ3n) is 5.21. The van der Waals surface area contributed by atoms with Gasteiger partial charge in [-0.25, -0.2) is 8.42 Å². The van der Waals surface area contributed by atoms with Crippen LogP contribution in [0.2, 0.25) is 0 Å². The lowest BCUT2D eigenvalue weighted by Gasteiger charge is -2.22. The molecule has 2 aliphatic rings. The number of alkyl halides is 3. The van der Waals surface area contributed by atoms with Gasteiger partial charge < -0.3 is 10.1 Å². The summed E-state index contributed by atoms with van der Waals surface area (Å²) in [7, 11) is -3.85. The van der Waals surface area contributed by atoms with Gasteiger partial charge in [0, 0.05) is 19.7 Å². The van der Waals surface area contributed by atoms with Crippen molar-refractivity contribution in [3.05, 3.63) is 0 Å². The van der Waals surface area contributed by atoms with Gasteiger partial charge in [0.1, 0.15) is 0 Å². The summed E-state index contributed by atoms with van der Waals surface area (Å²) in [6.45, 7) is 3.26. The lowest BCUT2D eigenvalue weighted by Crippen LogP contribution is -2.33. The number of rotatable bonds is 10. The van der Waals surface area contributed by atoms with Crippen molar-refractivity contribution in [1.29, 1.82) is 0 Å². The molecule has 2 aliphatic heterocycles. The van der Waals surface area contributed by atoms with E-state index in [1.165, 1.54) is 25.7 Å². The molecule has 0 aromatic carbocycles. The summed E-state index contributed by atoms with van der Waals surface area (Å²) in [5, 5.41) is 3.36. The Balaban J connectivity index is 1.54. The van der Waals surface area contributed by atoms with E-state index in [0.29, 0.717) is 13.0 Å². The zero-order valence-corrected chi connectivity index (χ0v) is 16.1. The maximum absolute atomic E-state index is 12.2. The van der Waals surface area contributed by atoms with E-state index in [2.05, 4.69) is 5.32 Å². The molecule has 0 aromatic heterocycles. The number of nitrogens with zero attached hydrogens (tertiary/aromatic N) is 1. The minimum atomic E-state index is -4.45. The molecule has 5 nitrogen and oxygen atoms in total. The minimum Gasteiger partial charge on any atom is -0.377 e. The van der Waals surface area contributed by atoms with Crippen LogP contribution < -0.4 is 5.32 Å². The van der Waals surface area contributed by atoms with Crippen molar-refractivity contribution >= 4 is 10.0 Å². The van der Waals surface area contributed by atoms with E-state index in [4.69, 9.17) is 4.74 Å². The first-order valence-corrected chi connectivity index (χ1v) is 11.2. The van der Waals surface area contributed by atoms with Crippen molar-refractivity contribution in [3.63, 3.8) is 0 Å². The molecule has 9 heteroatoms. The first-order valence-electron chi connectivity index (χ1n) is 9.63. The highest BCUT2D eigenvalue weighted by molar-refractivity contribution is 7.89. The SMILES string of the molecule is O=S(=O)(CCC(F)(F)F)N1CCC(OCCCCCC2CCNCC2)C1. The van der Waals surface area contributed by atoms with Crippen LogP contribution >= 0.6 is 0 Å². The van der Waals surface area contributed by atoms with Crippen LogP contribution in [-0.2, 0) is 14.8 Å². The van der Waals surface area contributed by atoms with Gasteiger partial charge in [0.25, 0.3) is 0 Å². The van der Waals surface area contributed by atoms with Crippen LogP contribution in [0.5, 0.6) is 0 Å². The maximum atomic E-state index is 12.2. The Morgan fingerprint density at radius 2 is 1.81 bits per heavy atom. The van der Waals surface area contributed by atoms with Crippen molar-refractivity contribution in [1.82, 2.24) is 9.62 Å². The van der Waals surface area contributed by atoms with Gasteiger partial charge in [-0.1, -0.05) is 19.3 Å². The Kier molecular flexibility index (Phi) is 8.63. The molecule has 0 saturated carbocycles. The highest BCUT2D eigenvalue weighted by Crippen LogP contribution is 2.24. The maximum Gasteiger partial charge on any atom is 0.390 e. The van der Waals surface area contributed by atoms with E-state index in [9.17, 15) is 21.6 Å². The zero-order chi connectivity index (χ0) is 19.0. The summed E-state index contributed by atoms with van der Waals surface area (Å²) >= 11 is 0. The topological polar surface area (TPSA) is 58.6 Å². The minimum absolute atomic E-state index is 0.176. The van der Waals surface area contributed by atoms with Gasteiger partial charge in [0.15, 0.2) is 0 Å². The zero-order valence-electron chi connectivity index (χ0n) is 15.3. The van der Waals surface area contributed by atoms with Crippen LogP contribution in [0.15, 0.2) is 0 Å². The highest BCUT2D eigenvalue weighted by atomic mass is 32.2. The first-order chi connectivity index (χ1) is 12.3. The molecule has 0 aromatic rings. The molecular weight excluding hydrogens is 369 g/mol. The molecule has 0 spiro atoms. The summed E-state index contributed by atoms with van der Waals surface area (Å²) < 4.78 is 67.5. The van der Waals surface area contributed by atoms with Crippen LogP contribution in [-0.4, -0.2) is 63.5 Å². The van der Waals surface area contributed by atoms with Crippen molar-refractivity contribution in [2.45, 2.75) is 63.6 Å². The molecule has 2 rings (SSSR count). The Labute approximate surface area is 154 Å². The van der Waals surface area contributed by atoms with E-state index in [1.807, 2.05) is 0 Å². The number of ether oxygens (including phenoxy) is 1. The molecule has 0 bridgehead atoms. The van der Waals surface area contributed by atoms with Crippen molar-refractivity contribution in [2.24, 2.45) is 5.92 Å². The van der Waals surface area contributed by atoms with Gasteiger partial charge in [-0.05, 0) is 44.7 Å². The van der Waals surface area contributed by atoms with Gasteiger partial charge >= 0.3 is 6.18 Å². The van der Waals surface area contributed by atoms with Crippen LogP contribution in [0.4, 0.5) is 13.2 Å². The smallest absolute Gasteiger partial charge is 0.377 e. The third kappa shape index (κ3) is 8.10. The lowest BCUT2D eigenvalue weighted by atomic mass is 9.92. The molecule has 2 saturated heterocycles. The molecule has 154 valence electrons. The van der Waals surface area contributed by atoms with Crippen LogP contribution in [0.1, 0.15) is 51.4 Å². The van der Waals surface area contributed by atoms with Gasteiger partial charge in [-0.15, -0.1) is 0 Å². The third-order valence-corrected chi connectivity index (χ3v) is 7.05. The largest absolute Gasteiger partial charge is 0.390 e. The van der Waals surface area contributed by atoms with Crippen LogP contribution in [0.3, 0.4) is 0 Å². The standard InChI is InChI=1S/C17H31F3N2O3S/c18-17(19,20)8-13-26(23,24)22-11-7-16(14-22)25-12-3-1-2-4-15-5-9-21-10-6-15/h15-16,21H,1-14H2. The van der Waals surface area contributed by atoms with E-state index in [0.717, 1.165) is 36.2 Å². The molecule has 1 atom stereocenters. The normalized spacial score (nSPS) is 23.6. The number of nitrogens with one attached hydrogen (secondary N) is 1. The van der Waals surface area contributed by atoms with Crippen molar-refractivity contribution < 1.29 is 26.3 Å². The van der Waals surface area contributed by atoms with Gasteiger partial charge in [-0.2, -0.15) is 17.5 Å². The number of sulfonamides is 1. The van der Waals surface area contributed by atoms with Gasteiger partial charge in [-0.3, -0.25) is 0 Å². The summed E-state index contributed by atoms with van der Waals surface area (Å²) in [6.07, 6.45) is 1.64. The molecule has 1 unspecified atom stereocenters. The van der Waals surface area contributed by atoms with Crippen molar-refractivity contribution in [2.75, 3.05) is 38.5 Å². The number of piperidine rings is 1. The van der Waals surface area contributed by atoms with Crippen molar-refractivity contribution in [3.8, 4) is 0 Å². The van der Waals surface area contributed by atoms with Crippen LogP contribution in [0.25, 0.3) is 0 Å². The second-order valence-corrected chi connectivity index (χ2v) is 9.45. The molecule has 1 N–H and O–H groups in total. The first kappa shape index (κ1) is 21.9. The Bertz CT molecular complexity index is 508.